The maximum absolute atomic E-state index is 12.7. The minimum absolute atomic E-state index is 0.176. The van der Waals surface area contributed by atoms with Crippen molar-refractivity contribution in [1.29, 1.82) is 0 Å². The molecule has 0 spiro atoms. The molecule has 9 nitrogen and oxygen atoms in total. The second-order valence-corrected chi connectivity index (χ2v) is 10.0. The summed E-state index contributed by atoms with van der Waals surface area (Å²) in [7, 11) is 3.43. The summed E-state index contributed by atoms with van der Waals surface area (Å²) in [6, 6.07) is 9.97. The summed E-state index contributed by atoms with van der Waals surface area (Å²) in [5.74, 6) is 0.0987. The van der Waals surface area contributed by atoms with Crippen LogP contribution in [-0.2, 0) is 34.3 Å². The minimum atomic E-state index is -0.554. The van der Waals surface area contributed by atoms with Gasteiger partial charge in [0.05, 0.1) is 20.1 Å². The van der Waals surface area contributed by atoms with Gasteiger partial charge in [-0.3, -0.25) is 4.79 Å². The average Bonchev–Trinajstić information content (AvgIpc) is 3.21. The first-order valence-corrected chi connectivity index (χ1v) is 12.2. The Morgan fingerprint density at radius 1 is 1.19 bits per heavy atom. The summed E-state index contributed by atoms with van der Waals surface area (Å²) in [6.45, 7) is 8.70. The number of aryl methyl sites for hydroxylation is 1. The lowest BCUT2D eigenvalue weighted by Crippen LogP contribution is -2.40. The highest BCUT2D eigenvalue weighted by Gasteiger charge is 2.30. The van der Waals surface area contributed by atoms with Gasteiger partial charge in [-0.2, -0.15) is 0 Å². The molecule has 1 atom stereocenters. The van der Waals surface area contributed by atoms with Gasteiger partial charge in [-0.25, -0.2) is 9.48 Å². The first-order valence-electron chi connectivity index (χ1n) is 12.2. The van der Waals surface area contributed by atoms with Gasteiger partial charge in [-0.1, -0.05) is 23.4 Å². The molecule has 0 bridgehead atoms. The van der Waals surface area contributed by atoms with E-state index in [2.05, 4.69) is 16.4 Å². The second kappa shape index (κ2) is 10.2. The first-order chi connectivity index (χ1) is 17.1. The third-order valence-corrected chi connectivity index (χ3v) is 6.32. The molecule has 0 saturated heterocycles. The minimum Gasteiger partial charge on any atom is -0.494 e. The molecule has 2 aromatic carbocycles. The van der Waals surface area contributed by atoms with E-state index in [1.165, 1.54) is 0 Å². The van der Waals surface area contributed by atoms with Crippen LogP contribution in [0.15, 0.2) is 30.3 Å². The van der Waals surface area contributed by atoms with E-state index in [0.29, 0.717) is 37.4 Å². The fourth-order valence-electron chi connectivity index (χ4n) is 4.77. The Bertz CT molecular complexity index is 1280. The Morgan fingerprint density at radius 2 is 1.97 bits per heavy atom. The van der Waals surface area contributed by atoms with Gasteiger partial charge in [0.15, 0.2) is 0 Å². The number of nitrogens with zero attached hydrogens (tertiary/aromatic N) is 4. The summed E-state index contributed by atoms with van der Waals surface area (Å²) in [4.78, 5) is 27.1. The number of aromatic nitrogens is 3. The van der Waals surface area contributed by atoms with E-state index in [0.717, 1.165) is 27.8 Å². The van der Waals surface area contributed by atoms with Gasteiger partial charge in [0.1, 0.15) is 22.4 Å². The highest BCUT2D eigenvalue weighted by atomic mass is 16.6. The van der Waals surface area contributed by atoms with E-state index in [-0.39, 0.29) is 24.4 Å². The predicted octanol–water partition coefficient (Wildman–Crippen LogP) is 4.36. The van der Waals surface area contributed by atoms with Crippen molar-refractivity contribution >= 4 is 23.1 Å². The largest absolute Gasteiger partial charge is 0.494 e. The maximum Gasteiger partial charge on any atom is 0.410 e. The highest BCUT2D eigenvalue weighted by Crippen LogP contribution is 2.38. The standard InChI is InChI=1S/C27H34N4O5/c1-7-35-24(32)15-21(18-13-22-25(23(14-18)34-6)30(5)29-28-22)20-10-8-9-17-16-31(12-11-19(17)20)26(33)36-27(2,3)4/h8-10,13-14,21H,7,11-12,15-16H2,1-6H3/t21-/m1/s1. The molecule has 0 N–H and O–H groups in total. The van der Waals surface area contributed by atoms with Crippen LogP contribution in [0.4, 0.5) is 4.79 Å². The van der Waals surface area contributed by atoms with Gasteiger partial charge in [-0.15, -0.1) is 5.10 Å². The van der Waals surface area contributed by atoms with Crippen LogP contribution in [-0.4, -0.2) is 57.8 Å². The molecule has 9 heteroatoms. The lowest BCUT2D eigenvalue weighted by Gasteiger charge is -2.33. The van der Waals surface area contributed by atoms with Gasteiger partial charge in [0.2, 0.25) is 0 Å². The maximum atomic E-state index is 12.7. The SMILES string of the molecule is CCOC(=O)C[C@H](c1cc(OC)c2c(c1)nnn2C)c1cccc2c1CCN(C(=O)OC(C)(C)C)C2. The molecular formula is C27H34N4O5. The Labute approximate surface area is 211 Å². The molecule has 1 aromatic heterocycles. The molecule has 1 aliphatic rings. The van der Waals surface area contributed by atoms with Crippen molar-refractivity contribution in [2.75, 3.05) is 20.3 Å². The number of carbonyl (C=O) groups is 2. The summed E-state index contributed by atoms with van der Waals surface area (Å²) >= 11 is 0. The molecule has 4 rings (SSSR count). The fourth-order valence-corrected chi connectivity index (χ4v) is 4.77. The van der Waals surface area contributed by atoms with Crippen LogP contribution in [0.1, 0.15) is 62.3 Å². The normalized spacial score (nSPS) is 14.3. The third kappa shape index (κ3) is 5.29. The van der Waals surface area contributed by atoms with Crippen molar-refractivity contribution in [3.8, 4) is 5.75 Å². The Hall–Kier alpha value is -3.62. The summed E-state index contributed by atoms with van der Waals surface area (Å²) in [5, 5.41) is 8.42. The zero-order chi connectivity index (χ0) is 26.0. The molecular weight excluding hydrogens is 460 g/mol. The van der Waals surface area contributed by atoms with Crippen molar-refractivity contribution in [3.05, 3.63) is 52.6 Å². The number of amides is 1. The van der Waals surface area contributed by atoms with E-state index in [4.69, 9.17) is 14.2 Å². The number of methoxy groups -OCH3 is 1. The number of hydrogen-bond donors (Lipinski definition) is 0. The Morgan fingerprint density at radius 3 is 2.67 bits per heavy atom. The topological polar surface area (TPSA) is 95.8 Å². The molecule has 0 aliphatic carbocycles. The van der Waals surface area contributed by atoms with Gasteiger partial charge in [0, 0.05) is 26.1 Å². The third-order valence-electron chi connectivity index (χ3n) is 6.32. The molecule has 0 unspecified atom stereocenters. The van der Waals surface area contributed by atoms with Gasteiger partial charge < -0.3 is 19.1 Å². The monoisotopic (exact) mass is 494 g/mol. The summed E-state index contributed by atoms with van der Waals surface area (Å²) in [6.07, 6.45) is 0.517. The van der Waals surface area contributed by atoms with Crippen molar-refractivity contribution in [2.24, 2.45) is 7.05 Å². The zero-order valence-corrected chi connectivity index (χ0v) is 21.8. The molecule has 0 saturated carbocycles. The van der Waals surface area contributed by atoms with Crippen LogP contribution in [0.2, 0.25) is 0 Å². The Balaban J connectivity index is 1.75. The fraction of sp³-hybridized carbons (Fsp3) is 0.481. The number of rotatable bonds is 6. The number of hydrogen-bond acceptors (Lipinski definition) is 7. The van der Waals surface area contributed by atoms with Crippen molar-refractivity contribution in [1.82, 2.24) is 19.9 Å². The van der Waals surface area contributed by atoms with E-state index in [1.54, 1.807) is 23.6 Å². The van der Waals surface area contributed by atoms with E-state index in [9.17, 15) is 9.59 Å². The smallest absolute Gasteiger partial charge is 0.410 e. The molecule has 0 radical (unpaired) electrons. The lowest BCUT2D eigenvalue weighted by molar-refractivity contribution is -0.143. The summed E-state index contributed by atoms with van der Waals surface area (Å²) in [5.41, 5.74) is 5.06. The molecule has 3 aromatic rings. The lowest BCUT2D eigenvalue weighted by atomic mass is 9.82. The van der Waals surface area contributed by atoms with Crippen molar-refractivity contribution < 1.29 is 23.8 Å². The molecule has 1 aliphatic heterocycles. The van der Waals surface area contributed by atoms with Crippen LogP contribution < -0.4 is 4.74 Å². The quantitative estimate of drug-likeness (QED) is 0.470. The van der Waals surface area contributed by atoms with Crippen LogP contribution in [0.5, 0.6) is 5.75 Å². The van der Waals surface area contributed by atoms with Gasteiger partial charge >= 0.3 is 12.1 Å². The van der Waals surface area contributed by atoms with Crippen LogP contribution in [0, 0.1) is 0 Å². The summed E-state index contributed by atoms with van der Waals surface area (Å²) < 4.78 is 18.3. The van der Waals surface area contributed by atoms with Crippen molar-refractivity contribution in [2.45, 2.75) is 58.6 Å². The highest BCUT2D eigenvalue weighted by molar-refractivity contribution is 5.83. The molecule has 1 amide bonds. The number of fused-ring (bicyclic) bond motifs is 2. The molecule has 2 heterocycles. The molecule has 36 heavy (non-hydrogen) atoms. The number of ether oxygens (including phenoxy) is 3. The van der Waals surface area contributed by atoms with Crippen LogP contribution >= 0.6 is 0 Å². The number of benzene rings is 2. The molecule has 0 fully saturated rings. The predicted molar refractivity (Wildman–Crippen MR) is 135 cm³/mol. The van der Waals surface area contributed by atoms with Crippen LogP contribution in [0.25, 0.3) is 11.0 Å². The van der Waals surface area contributed by atoms with E-state index >= 15 is 0 Å². The van der Waals surface area contributed by atoms with Crippen LogP contribution in [0.3, 0.4) is 0 Å². The zero-order valence-electron chi connectivity index (χ0n) is 21.8. The van der Waals surface area contributed by atoms with Gasteiger partial charge in [-0.05, 0) is 68.5 Å². The van der Waals surface area contributed by atoms with E-state index in [1.807, 2.05) is 52.1 Å². The Kier molecular flexibility index (Phi) is 7.19. The molecule has 192 valence electrons. The number of esters is 1. The number of carbonyl (C=O) groups excluding carboxylic acids is 2. The van der Waals surface area contributed by atoms with E-state index < -0.39 is 5.60 Å². The average molecular weight is 495 g/mol. The van der Waals surface area contributed by atoms with Crippen molar-refractivity contribution in [3.63, 3.8) is 0 Å². The first kappa shape index (κ1) is 25.5. The van der Waals surface area contributed by atoms with Gasteiger partial charge in [0.25, 0.3) is 0 Å². The second-order valence-electron chi connectivity index (χ2n) is 10.0.